The number of hydrogen-bond donors (Lipinski definition) is 2. The predicted octanol–water partition coefficient (Wildman–Crippen LogP) is -0.223. The average Bonchev–Trinajstić information content (AvgIpc) is 2.78. The molecule has 0 saturated carbocycles. The van der Waals surface area contributed by atoms with E-state index in [1.54, 1.807) is 14.0 Å². The number of aromatic nitrogens is 2. The fourth-order valence-corrected chi connectivity index (χ4v) is 1.82. The van der Waals surface area contributed by atoms with Crippen molar-refractivity contribution in [3.63, 3.8) is 0 Å². The molecule has 0 radical (unpaired) electrons. The number of aliphatic imine (C=N–C) groups is 2. The van der Waals surface area contributed by atoms with Gasteiger partial charge in [0.1, 0.15) is 0 Å². The zero-order chi connectivity index (χ0) is 11.7. The summed E-state index contributed by atoms with van der Waals surface area (Å²) in [6.45, 7) is 3.40. The molecule has 86 valence electrons. The van der Waals surface area contributed by atoms with Gasteiger partial charge in [0, 0.05) is 27.2 Å². The smallest absolute Gasteiger partial charge is 0.192 e. The van der Waals surface area contributed by atoms with Crippen LogP contribution in [0.15, 0.2) is 9.98 Å². The Balaban J connectivity index is 2.45. The molecule has 2 rings (SSSR count). The molecule has 1 aliphatic heterocycles. The Hall–Kier alpha value is -1.69. The van der Waals surface area contributed by atoms with E-state index in [0.717, 1.165) is 24.6 Å². The molecular weight excluding hydrogens is 204 g/mol. The van der Waals surface area contributed by atoms with Crippen LogP contribution < -0.4 is 11.1 Å². The van der Waals surface area contributed by atoms with Gasteiger partial charge in [0.05, 0.1) is 17.2 Å². The van der Waals surface area contributed by atoms with Crippen LogP contribution in [0.4, 0.5) is 0 Å². The highest BCUT2D eigenvalue weighted by Crippen LogP contribution is 2.16. The summed E-state index contributed by atoms with van der Waals surface area (Å²) < 4.78 is 2.02. The van der Waals surface area contributed by atoms with Crippen LogP contribution in [0.2, 0.25) is 0 Å². The van der Waals surface area contributed by atoms with Gasteiger partial charge in [0.15, 0.2) is 11.7 Å². The number of nitrogens with zero attached hydrogens (tertiary/aromatic N) is 4. The van der Waals surface area contributed by atoms with E-state index >= 15 is 0 Å². The fourth-order valence-electron chi connectivity index (χ4n) is 1.82. The van der Waals surface area contributed by atoms with Crippen molar-refractivity contribution in [3.05, 3.63) is 17.2 Å². The van der Waals surface area contributed by atoms with Crippen LogP contribution in [0.1, 0.15) is 24.1 Å². The minimum Gasteiger partial charge on any atom is -0.387 e. The first-order valence-electron chi connectivity index (χ1n) is 5.16. The first-order chi connectivity index (χ1) is 7.63. The number of imidazole rings is 1. The molecule has 0 bridgehead atoms. The number of hydrogen-bond acceptors (Lipinski definition) is 3. The Morgan fingerprint density at radius 2 is 2.25 bits per heavy atom. The van der Waals surface area contributed by atoms with Crippen molar-refractivity contribution < 1.29 is 0 Å². The molecule has 1 aromatic heterocycles. The SMILES string of the molecule is CN=C(N=C(C)N)c1nc2c(n1C)CNC2. The molecule has 0 amide bonds. The Kier molecular flexibility index (Phi) is 2.74. The van der Waals surface area contributed by atoms with Crippen LogP contribution in [-0.4, -0.2) is 28.3 Å². The molecule has 1 aromatic rings. The normalized spacial score (nSPS) is 16.7. The van der Waals surface area contributed by atoms with Crippen LogP contribution in [0.5, 0.6) is 0 Å². The summed E-state index contributed by atoms with van der Waals surface area (Å²) in [7, 11) is 3.67. The van der Waals surface area contributed by atoms with Crippen molar-refractivity contribution in [2.75, 3.05) is 7.05 Å². The Labute approximate surface area is 94.3 Å². The highest BCUT2D eigenvalue weighted by molar-refractivity contribution is 6.03. The van der Waals surface area contributed by atoms with Gasteiger partial charge in [-0.15, -0.1) is 0 Å². The minimum absolute atomic E-state index is 0.488. The number of nitrogens with two attached hydrogens (primary N) is 1. The molecule has 6 heteroatoms. The van der Waals surface area contributed by atoms with Crippen molar-refractivity contribution in [3.8, 4) is 0 Å². The van der Waals surface area contributed by atoms with Crippen LogP contribution in [-0.2, 0) is 20.1 Å². The van der Waals surface area contributed by atoms with Gasteiger partial charge < -0.3 is 15.6 Å². The molecule has 0 aliphatic carbocycles. The van der Waals surface area contributed by atoms with E-state index in [2.05, 4.69) is 20.3 Å². The molecular formula is C10H16N6. The molecule has 1 aliphatic rings. The largest absolute Gasteiger partial charge is 0.387 e. The van der Waals surface area contributed by atoms with Gasteiger partial charge in [-0.25, -0.2) is 9.98 Å². The maximum absolute atomic E-state index is 5.57. The van der Waals surface area contributed by atoms with Crippen LogP contribution in [0, 0.1) is 0 Å². The molecule has 3 N–H and O–H groups in total. The first-order valence-corrected chi connectivity index (χ1v) is 5.16. The summed E-state index contributed by atoms with van der Waals surface area (Å²) in [5.74, 6) is 1.84. The highest BCUT2D eigenvalue weighted by atomic mass is 15.2. The second kappa shape index (κ2) is 4.05. The van der Waals surface area contributed by atoms with Gasteiger partial charge in [0.25, 0.3) is 0 Å². The third kappa shape index (κ3) is 1.71. The van der Waals surface area contributed by atoms with E-state index in [1.165, 1.54) is 5.69 Å². The summed E-state index contributed by atoms with van der Waals surface area (Å²) in [5.41, 5.74) is 7.84. The van der Waals surface area contributed by atoms with Crippen LogP contribution in [0.25, 0.3) is 0 Å². The lowest BCUT2D eigenvalue weighted by molar-refractivity contribution is 0.708. The highest BCUT2D eigenvalue weighted by Gasteiger charge is 2.21. The summed E-state index contributed by atoms with van der Waals surface area (Å²) >= 11 is 0. The molecule has 0 spiro atoms. The lowest BCUT2D eigenvalue weighted by Crippen LogP contribution is -2.15. The topological polar surface area (TPSA) is 80.6 Å². The van der Waals surface area contributed by atoms with E-state index in [1.807, 2.05) is 11.6 Å². The lowest BCUT2D eigenvalue weighted by atomic mass is 10.4. The molecule has 0 fully saturated rings. The molecule has 0 saturated heterocycles. The van der Waals surface area contributed by atoms with Gasteiger partial charge in [-0.2, -0.15) is 0 Å². The Bertz CT molecular complexity index is 464. The van der Waals surface area contributed by atoms with Crippen molar-refractivity contribution in [1.82, 2.24) is 14.9 Å². The summed E-state index contributed by atoms with van der Waals surface area (Å²) in [4.78, 5) is 12.8. The third-order valence-electron chi connectivity index (χ3n) is 2.58. The quantitative estimate of drug-likeness (QED) is 0.507. The van der Waals surface area contributed by atoms with Gasteiger partial charge in [-0.1, -0.05) is 0 Å². The van der Waals surface area contributed by atoms with Crippen molar-refractivity contribution >= 4 is 11.7 Å². The number of nitrogens with one attached hydrogen (secondary N) is 1. The predicted molar refractivity (Wildman–Crippen MR) is 63.5 cm³/mol. The van der Waals surface area contributed by atoms with Gasteiger partial charge in [0.2, 0.25) is 0 Å². The van der Waals surface area contributed by atoms with Crippen LogP contribution in [0.3, 0.4) is 0 Å². The van der Waals surface area contributed by atoms with E-state index in [-0.39, 0.29) is 0 Å². The second-order valence-electron chi connectivity index (χ2n) is 3.79. The van der Waals surface area contributed by atoms with E-state index in [4.69, 9.17) is 5.73 Å². The zero-order valence-electron chi connectivity index (χ0n) is 9.78. The van der Waals surface area contributed by atoms with Crippen LogP contribution >= 0.6 is 0 Å². The average molecular weight is 220 g/mol. The molecule has 6 nitrogen and oxygen atoms in total. The molecule has 0 atom stereocenters. The fraction of sp³-hybridized carbons (Fsp3) is 0.500. The van der Waals surface area contributed by atoms with E-state index in [9.17, 15) is 0 Å². The number of amidine groups is 2. The molecule has 0 unspecified atom stereocenters. The van der Waals surface area contributed by atoms with Gasteiger partial charge in [-0.05, 0) is 6.92 Å². The maximum atomic E-state index is 5.57. The van der Waals surface area contributed by atoms with Crippen molar-refractivity contribution in [2.24, 2.45) is 22.8 Å². The van der Waals surface area contributed by atoms with E-state index < -0.39 is 0 Å². The van der Waals surface area contributed by atoms with Gasteiger partial charge in [-0.3, -0.25) is 4.99 Å². The Morgan fingerprint density at radius 1 is 1.50 bits per heavy atom. The summed E-state index contributed by atoms with van der Waals surface area (Å²) in [6.07, 6.45) is 0. The number of rotatable bonds is 1. The first kappa shape index (κ1) is 10.8. The summed E-state index contributed by atoms with van der Waals surface area (Å²) in [5, 5.41) is 3.25. The summed E-state index contributed by atoms with van der Waals surface area (Å²) in [6, 6.07) is 0. The second-order valence-corrected chi connectivity index (χ2v) is 3.79. The number of fused-ring (bicyclic) bond motifs is 1. The third-order valence-corrected chi connectivity index (χ3v) is 2.58. The standard InChI is InChI=1S/C10H16N6/c1-6(11)14-9(12-2)10-15-7-4-13-5-8(7)16(10)3/h13H,4-5H2,1-3H3,(H2,11,12,14). The van der Waals surface area contributed by atoms with Crippen molar-refractivity contribution in [1.29, 1.82) is 0 Å². The van der Waals surface area contributed by atoms with E-state index in [0.29, 0.717) is 11.7 Å². The monoisotopic (exact) mass is 220 g/mol. The molecule has 0 aromatic carbocycles. The Morgan fingerprint density at radius 3 is 2.81 bits per heavy atom. The minimum atomic E-state index is 0.488. The van der Waals surface area contributed by atoms with Crippen molar-refractivity contribution in [2.45, 2.75) is 20.0 Å². The lowest BCUT2D eigenvalue weighted by Gasteiger charge is -2.04. The molecule has 2 heterocycles. The molecule has 16 heavy (non-hydrogen) atoms. The zero-order valence-corrected chi connectivity index (χ0v) is 9.78. The van der Waals surface area contributed by atoms with Gasteiger partial charge >= 0.3 is 0 Å². The maximum Gasteiger partial charge on any atom is 0.192 e.